The molecule has 0 unspecified atom stereocenters. The third-order valence-electron chi connectivity index (χ3n) is 1.41. The first kappa shape index (κ1) is 14.3. The zero-order valence-corrected chi connectivity index (χ0v) is 9.71. The van der Waals surface area contributed by atoms with E-state index in [0.29, 0.717) is 0 Å². The first-order valence-corrected chi connectivity index (χ1v) is 6.32. The van der Waals surface area contributed by atoms with Gasteiger partial charge >= 0.3 is 5.97 Å². The predicted molar refractivity (Wildman–Crippen MR) is 54.6 cm³/mol. The van der Waals surface area contributed by atoms with E-state index in [-0.39, 0.29) is 31.1 Å². The Balaban J connectivity index is 3.73. The summed E-state index contributed by atoms with van der Waals surface area (Å²) in [6.45, 7) is 4.07. The summed E-state index contributed by atoms with van der Waals surface area (Å²) in [5.74, 6) is -1.02. The number of sulfonamides is 1. The first-order chi connectivity index (χ1) is 6.83. The summed E-state index contributed by atoms with van der Waals surface area (Å²) in [6.07, 6.45) is -0.0825. The molecule has 15 heavy (non-hydrogen) atoms. The van der Waals surface area contributed by atoms with Crippen LogP contribution in [0.3, 0.4) is 0 Å². The molecule has 0 fully saturated rings. The molecule has 0 amide bonds. The molecule has 2 N–H and O–H groups in total. The van der Waals surface area contributed by atoms with E-state index in [2.05, 4.69) is 0 Å². The van der Waals surface area contributed by atoms with Gasteiger partial charge in [0.15, 0.2) is 0 Å². The van der Waals surface area contributed by atoms with Gasteiger partial charge in [-0.3, -0.25) is 9.63 Å². The van der Waals surface area contributed by atoms with Crippen molar-refractivity contribution >= 4 is 16.0 Å². The van der Waals surface area contributed by atoms with Gasteiger partial charge in [-0.15, -0.1) is 0 Å². The van der Waals surface area contributed by atoms with Crippen LogP contribution in [0.15, 0.2) is 0 Å². The van der Waals surface area contributed by atoms with Gasteiger partial charge in [-0.05, 0) is 12.3 Å². The highest BCUT2D eigenvalue weighted by molar-refractivity contribution is 7.89. The number of nitrogens with one attached hydrogen (secondary N) is 1. The van der Waals surface area contributed by atoms with Crippen molar-refractivity contribution in [2.45, 2.75) is 26.7 Å². The molecular formula is C8H17NO5S. The van der Waals surface area contributed by atoms with Crippen molar-refractivity contribution in [3.8, 4) is 0 Å². The number of aliphatic carboxylic acids is 1. The van der Waals surface area contributed by atoms with E-state index in [1.807, 2.05) is 18.7 Å². The van der Waals surface area contributed by atoms with Crippen LogP contribution < -0.4 is 4.89 Å². The summed E-state index contributed by atoms with van der Waals surface area (Å²) in [5.41, 5.74) is 0. The summed E-state index contributed by atoms with van der Waals surface area (Å²) in [6, 6.07) is 0. The third kappa shape index (κ3) is 9.64. The van der Waals surface area contributed by atoms with Crippen LogP contribution in [0.4, 0.5) is 0 Å². The molecule has 0 aliphatic rings. The van der Waals surface area contributed by atoms with E-state index in [1.165, 1.54) is 0 Å². The Morgan fingerprint density at radius 1 is 1.47 bits per heavy atom. The highest BCUT2D eigenvalue weighted by Gasteiger charge is 2.11. The first-order valence-electron chi connectivity index (χ1n) is 4.66. The van der Waals surface area contributed by atoms with Crippen molar-refractivity contribution in [1.82, 2.24) is 4.89 Å². The number of rotatable bonds is 8. The number of hydrogen-bond donors (Lipinski definition) is 2. The van der Waals surface area contributed by atoms with Gasteiger partial charge < -0.3 is 5.11 Å². The standard InChI is InChI=1S/C8H17NO5S/c1-7(2)6-14-9-15(12,13)5-3-4-8(10)11/h7,9H,3-6H2,1-2H3,(H,10,11). The van der Waals surface area contributed by atoms with Crippen LogP contribution in [0, 0.1) is 5.92 Å². The molecule has 0 rings (SSSR count). The van der Waals surface area contributed by atoms with Crippen LogP contribution in [-0.2, 0) is 19.7 Å². The van der Waals surface area contributed by atoms with Crippen LogP contribution in [0.1, 0.15) is 26.7 Å². The van der Waals surface area contributed by atoms with Gasteiger partial charge in [-0.1, -0.05) is 18.7 Å². The lowest BCUT2D eigenvalue weighted by atomic mass is 10.2. The maximum atomic E-state index is 11.2. The normalized spacial score (nSPS) is 11.9. The topological polar surface area (TPSA) is 92.7 Å². The molecule has 0 atom stereocenters. The minimum atomic E-state index is -3.51. The monoisotopic (exact) mass is 239 g/mol. The molecule has 0 aliphatic carbocycles. The number of carboxylic acids is 1. The Bertz CT molecular complexity index is 285. The van der Waals surface area contributed by atoms with Crippen molar-refractivity contribution in [1.29, 1.82) is 0 Å². The fraction of sp³-hybridized carbons (Fsp3) is 0.875. The van der Waals surface area contributed by atoms with Crippen molar-refractivity contribution in [2.75, 3.05) is 12.4 Å². The Kier molecular flexibility index (Phi) is 6.46. The van der Waals surface area contributed by atoms with Gasteiger partial charge in [-0.2, -0.15) is 0 Å². The van der Waals surface area contributed by atoms with E-state index in [0.717, 1.165) is 0 Å². The fourth-order valence-corrected chi connectivity index (χ4v) is 1.60. The highest BCUT2D eigenvalue weighted by atomic mass is 32.2. The van der Waals surface area contributed by atoms with Gasteiger partial charge in [0.05, 0.1) is 12.4 Å². The lowest BCUT2D eigenvalue weighted by molar-refractivity contribution is -0.137. The SMILES string of the molecule is CC(C)CONS(=O)(=O)CCCC(=O)O. The molecule has 0 aromatic rings. The molecule has 0 heterocycles. The van der Waals surface area contributed by atoms with Crippen LogP contribution in [0.5, 0.6) is 0 Å². The second-order valence-corrected chi connectivity index (χ2v) is 5.41. The van der Waals surface area contributed by atoms with E-state index in [4.69, 9.17) is 9.94 Å². The van der Waals surface area contributed by atoms with E-state index >= 15 is 0 Å². The van der Waals surface area contributed by atoms with Crippen LogP contribution >= 0.6 is 0 Å². The minimum absolute atomic E-state index is 0.0791. The number of carboxylic acid groups (broad SMARTS) is 1. The van der Waals surface area contributed by atoms with Crippen LogP contribution in [0.25, 0.3) is 0 Å². The molecule has 7 heteroatoms. The summed E-state index contributed by atoms with van der Waals surface area (Å²) in [4.78, 5) is 16.8. The summed E-state index contributed by atoms with van der Waals surface area (Å²) < 4.78 is 22.3. The lowest BCUT2D eigenvalue weighted by Crippen LogP contribution is -2.28. The predicted octanol–water partition coefficient (Wildman–Crippen LogP) is 0.358. The fourth-order valence-electron chi connectivity index (χ4n) is 0.746. The average molecular weight is 239 g/mol. The van der Waals surface area contributed by atoms with Gasteiger partial charge in [-0.25, -0.2) is 8.42 Å². The lowest BCUT2D eigenvalue weighted by Gasteiger charge is -2.08. The molecule has 0 aliphatic heterocycles. The van der Waals surface area contributed by atoms with Crippen molar-refractivity contribution in [3.05, 3.63) is 0 Å². The molecule has 0 saturated heterocycles. The molecular weight excluding hydrogens is 222 g/mol. The van der Waals surface area contributed by atoms with E-state index < -0.39 is 16.0 Å². The molecule has 0 bridgehead atoms. The third-order valence-corrected chi connectivity index (χ3v) is 2.60. The molecule has 90 valence electrons. The van der Waals surface area contributed by atoms with Crippen molar-refractivity contribution < 1.29 is 23.2 Å². The smallest absolute Gasteiger partial charge is 0.303 e. The maximum Gasteiger partial charge on any atom is 0.303 e. The van der Waals surface area contributed by atoms with E-state index in [9.17, 15) is 13.2 Å². The molecule has 0 spiro atoms. The summed E-state index contributed by atoms with van der Waals surface area (Å²) >= 11 is 0. The molecule has 6 nitrogen and oxygen atoms in total. The number of carbonyl (C=O) groups is 1. The average Bonchev–Trinajstić information content (AvgIpc) is 2.01. The molecule has 0 saturated carbocycles. The molecule has 0 radical (unpaired) electrons. The Morgan fingerprint density at radius 3 is 2.53 bits per heavy atom. The second-order valence-electron chi connectivity index (χ2n) is 3.60. The van der Waals surface area contributed by atoms with Crippen molar-refractivity contribution in [2.24, 2.45) is 5.92 Å². The van der Waals surface area contributed by atoms with Crippen LogP contribution in [0.2, 0.25) is 0 Å². The van der Waals surface area contributed by atoms with Gasteiger partial charge in [0.1, 0.15) is 0 Å². The van der Waals surface area contributed by atoms with Crippen LogP contribution in [-0.4, -0.2) is 31.9 Å². The Hall–Kier alpha value is -0.660. The maximum absolute atomic E-state index is 11.2. The summed E-state index contributed by atoms with van der Waals surface area (Å²) in [5, 5.41) is 8.31. The van der Waals surface area contributed by atoms with Gasteiger partial charge in [0, 0.05) is 6.42 Å². The highest BCUT2D eigenvalue weighted by Crippen LogP contribution is 1.96. The van der Waals surface area contributed by atoms with Crippen molar-refractivity contribution in [3.63, 3.8) is 0 Å². The number of hydrogen-bond acceptors (Lipinski definition) is 4. The molecule has 0 aromatic carbocycles. The Labute approximate surface area is 89.6 Å². The zero-order valence-electron chi connectivity index (χ0n) is 8.89. The minimum Gasteiger partial charge on any atom is -0.481 e. The largest absolute Gasteiger partial charge is 0.481 e. The zero-order chi connectivity index (χ0) is 11.9. The van der Waals surface area contributed by atoms with Gasteiger partial charge in [0.2, 0.25) is 10.0 Å². The van der Waals surface area contributed by atoms with Gasteiger partial charge in [0.25, 0.3) is 0 Å². The quantitative estimate of drug-likeness (QED) is 0.596. The summed E-state index contributed by atoms with van der Waals surface area (Å²) in [7, 11) is -3.51. The second kappa shape index (κ2) is 6.76. The molecule has 0 aromatic heterocycles. The Morgan fingerprint density at radius 2 is 2.07 bits per heavy atom. The van der Waals surface area contributed by atoms with E-state index in [1.54, 1.807) is 0 Å².